The summed E-state index contributed by atoms with van der Waals surface area (Å²) in [4.78, 5) is 20.6. The quantitative estimate of drug-likeness (QED) is 0.820. The van der Waals surface area contributed by atoms with Crippen LogP contribution in [0.5, 0.6) is 0 Å². The van der Waals surface area contributed by atoms with Gasteiger partial charge in [-0.15, -0.1) is 11.8 Å². The lowest BCUT2D eigenvalue weighted by Gasteiger charge is -2.08. The molecule has 0 radical (unpaired) electrons. The fourth-order valence-corrected chi connectivity index (χ4v) is 2.38. The predicted octanol–water partition coefficient (Wildman–Crippen LogP) is 1.47. The topological polar surface area (TPSA) is 75.0 Å². The van der Waals surface area contributed by atoms with Gasteiger partial charge in [-0.3, -0.25) is 4.79 Å². The number of aromatic nitrogens is 2. The predicted molar refractivity (Wildman–Crippen MR) is 75.4 cm³/mol. The third kappa shape index (κ3) is 2.95. The summed E-state index contributed by atoms with van der Waals surface area (Å²) in [7, 11) is 3.51. The van der Waals surface area contributed by atoms with Gasteiger partial charge in [0.15, 0.2) is 0 Å². The van der Waals surface area contributed by atoms with Crippen LogP contribution in [0.4, 0.5) is 5.69 Å². The van der Waals surface area contributed by atoms with Crippen LogP contribution in [-0.2, 0) is 10.5 Å². The summed E-state index contributed by atoms with van der Waals surface area (Å²) in [6.45, 7) is 0. The van der Waals surface area contributed by atoms with E-state index in [0.29, 0.717) is 17.2 Å². The van der Waals surface area contributed by atoms with Crippen LogP contribution in [0.3, 0.4) is 0 Å². The fraction of sp³-hybridized carbons (Fsp3) is 0.333. The molecule has 0 aliphatic rings. The first-order chi connectivity index (χ1) is 8.56. The van der Waals surface area contributed by atoms with E-state index in [2.05, 4.69) is 9.97 Å². The zero-order valence-electron chi connectivity index (χ0n) is 10.4. The number of nitrogens with zero attached hydrogens (tertiary/aromatic N) is 2. The van der Waals surface area contributed by atoms with Gasteiger partial charge in [-0.25, -0.2) is 4.98 Å². The number of aromatic amines is 1. The first-order valence-corrected chi connectivity index (χ1v) is 6.74. The molecule has 96 valence electrons. The van der Waals surface area contributed by atoms with Gasteiger partial charge in [-0.2, -0.15) is 0 Å². The summed E-state index contributed by atoms with van der Waals surface area (Å²) in [5, 5.41) is 0. The minimum absolute atomic E-state index is 0.111. The van der Waals surface area contributed by atoms with E-state index < -0.39 is 0 Å². The molecule has 0 aliphatic heterocycles. The number of nitrogens with one attached hydrogen (secondary N) is 1. The fourth-order valence-electron chi connectivity index (χ4n) is 1.51. The lowest BCUT2D eigenvalue weighted by molar-refractivity contribution is -0.125. The molecule has 2 aromatic rings. The van der Waals surface area contributed by atoms with Gasteiger partial charge in [-0.1, -0.05) is 0 Å². The summed E-state index contributed by atoms with van der Waals surface area (Å²) < 4.78 is 0. The Labute approximate surface area is 110 Å². The van der Waals surface area contributed by atoms with Crippen LogP contribution in [0.2, 0.25) is 0 Å². The molecule has 1 amide bonds. The molecular weight excluding hydrogens is 248 g/mol. The van der Waals surface area contributed by atoms with Gasteiger partial charge in [0.2, 0.25) is 5.91 Å². The second-order valence-electron chi connectivity index (χ2n) is 4.24. The summed E-state index contributed by atoms with van der Waals surface area (Å²) in [6.07, 6.45) is 0. The van der Waals surface area contributed by atoms with Crippen LogP contribution in [0, 0.1) is 0 Å². The molecule has 2 rings (SSSR count). The lowest BCUT2D eigenvalue weighted by Crippen LogP contribution is -2.23. The SMILES string of the molecule is CN(C)C(=O)CSCc1nc2ccc(N)cc2[nH]1. The van der Waals surface area contributed by atoms with E-state index in [9.17, 15) is 4.79 Å². The Morgan fingerprint density at radius 3 is 3.00 bits per heavy atom. The second kappa shape index (κ2) is 5.30. The minimum atomic E-state index is 0.111. The molecule has 0 fully saturated rings. The van der Waals surface area contributed by atoms with E-state index in [0.717, 1.165) is 16.9 Å². The van der Waals surface area contributed by atoms with Gasteiger partial charge in [0.25, 0.3) is 0 Å². The highest BCUT2D eigenvalue weighted by Crippen LogP contribution is 2.17. The minimum Gasteiger partial charge on any atom is -0.399 e. The van der Waals surface area contributed by atoms with Gasteiger partial charge in [0, 0.05) is 19.8 Å². The maximum absolute atomic E-state index is 11.4. The third-order valence-corrected chi connectivity index (χ3v) is 3.45. The molecule has 0 bridgehead atoms. The molecule has 0 aliphatic carbocycles. The summed E-state index contributed by atoms with van der Waals surface area (Å²) in [6, 6.07) is 5.58. The van der Waals surface area contributed by atoms with Gasteiger partial charge >= 0.3 is 0 Å². The highest BCUT2D eigenvalue weighted by Gasteiger charge is 2.06. The van der Waals surface area contributed by atoms with E-state index in [1.807, 2.05) is 18.2 Å². The van der Waals surface area contributed by atoms with E-state index in [4.69, 9.17) is 5.73 Å². The highest BCUT2D eigenvalue weighted by atomic mass is 32.2. The number of nitrogens with two attached hydrogens (primary N) is 1. The molecule has 5 nitrogen and oxygen atoms in total. The van der Waals surface area contributed by atoms with Crippen molar-refractivity contribution in [2.45, 2.75) is 5.75 Å². The van der Waals surface area contributed by atoms with Gasteiger partial charge in [0.1, 0.15) is 5.82 Å². The Hall–Kier alpha value is -1.69. The second-order valence-corrected chi connectivity index (χ2v) is 5.23. The number of imidazole rings is 1. The molecule has 1 aromatic heterocycles. The monoisotopic (exact) mass is 264 g/mol. The molecule has 18 heavy (non-hydrogen) atoms. The summed E-state index contributed by atoms with van der Waals surface area (Å²) in [5.74, 6) is 2.13. The molecule has 1 aromatic carbocycles. The van der Waals surface area contributed by atoms with Crippen LogP contribution in [0.25, 0.3) is 11.0 Å². The Morgan fingerprint density at radius 1 is 1.50 bits per heavy atom. The standard InChI is InChI=1S/C12H16N4OS/c1-16(2)12(17)7-18-6-11-14-9-4-3-8(13)5-10(9)15-11/h3-5H,6-7,13H2,1-2H3,(H,14,15). The van der Waals surface area contributed by atoms with E-state index >= 15 is 0 Å². The normalized spacial score (nSPS) is 10.8. The first kappa shape index (κ1) is 12.8. The molecule has 1 heterocycles. The largest absolute Gasteiger partial charge is 0.399 e. The van der Waals surface area contributed by atoms with Crippen molar-refractivity contribution in [3.63, 3.8) is 0 Å². The van der Waals surface area contributed by atoms with Crippen molar-refractivity contribution < 1.29 is 4.79 Å². The Balaban J connectivity index is 1.98. The van der Waals surface area contributed by atoms with E-state index in [1.54, 1.807) is 30.8 Å². The van der Waals surface area contributed by atoms with E-state index in [1.165, 1.54) is 0 Å². The smallest absolute Gasteiger partial charge is 0.232 e. The number of benzene rings is 1. The maximum atomic E-state index is 11.4. The number of carbonyl (C=O) groups excluding carboxylic acids is 1. The van der Waals surface area contributed by atoms with Crippen molar-refractivity contribution in [3.8, 4) is 0 Å². The first-order valence-electron chi connectivity index (χ1n) is 5.58. The summed E-state index contributed by atoms with van der Waals surface area (Å²) in [5.41, 5.74) is 8.26. The van der Waals surface area contributed by atoms with Crippen LogP contribution in [-0.4, -0.2) is 40.6 Å². The number of carbonyl (C=O) groups is 1. The van der Waals surface area contributed by atoms with Crippen molar-refractivity contribution in [1.29, 1.82) is 0 Å². The number of hydrogen-bond acceptors (Lipinski definition) is 4. The van der Waals surface area contributed by atoms with Crippen molar-refractivity contribution in [1.82, 2.24) is 14.9 Å². The van der Waals surface area contributed by atoms with Gasteiger partial charge < -0.3 is 15.6 Å². The zero-order valence-corrected chi connectivity index (χ0v) is 11.3. The molecule has 3 N–H and O–H groups in total. The van der Waals surface area contributed by atoms with Crippen LogP contribution in [0.1, 0.15) is 5.82 Å². The lowest BCUT2D eigenvalue weighted by atomic mass is 10.3. The average Bonchev–Trinajstić information content (AvgIpc) is 2.70. The molecule has 0 saturated heterocycles. The molecule has 6 heteroatoms. The van der Waals surface area contributed by atoms with Crippen LogP contribution >= 0.6 is 11.8 Å². The van der Waals surface area contributed by atoms with Crippen molar-refractivity contribution in [3.05, 3.63) is 24.0 Å². The maximum Gasteiger partial charge on any atom is 0.232 e. The van der Waals surface area contributed by atoms with Gasteiger partial charge in [-0.05, 0) is 18.2 Å². The molecular formula is C12H16N4OS. The molecule has 0 saturated carbocycles. The Kier molecular flexibility index (Phi) is 3.76. The number of rotatable bonds is 4. The average molecular weight is 264 g/mol. The van der Waals surface area contributed by atoms with Crippen LogP contribution in [0.15, 0.2) is 18.2 Å². The van der Waals surface area contributed by atoms with E-state index in [-0.39, 0.29) is 5.91 Å². The van der Waals surface area contributed by atoms with Crippen LogP contribution < -0.4 is 5.73 Å². The van der Waals surface area contributed by atoms with Crippen molar-refractivity contribution >= 4 is 34.4 Å². The highest BCUT2D eigenvalue weighted by molar-refractivity contribution is 7.99. The van der Waals surface area contributed by atoms with Crippen molar-refractivity contribution in [2.75, 3.05) is 25.6 Å². The number of thioether (sulfide) groups is 1. The molecule has 0 unspecified atom stereocenters. The third-order valence-electron chi connectivity index (χ3n) is 2.52. The number of H-pyrrole nitrogens is 1. The Morgan fingerprint density at radius 2 is 2.28 bits per heavy atom. The number of amides is 1. The number of hydrogen-bond donors (Lipinski definition) is 2. The van der Waals surface area contributed by atoms with Crippen molar-refractivity contribution in [2.24, 2.45) is 0 Å². The number of fused-ring (bicyclic) bond motifs is 1. The summed E-state index contributed by atoms with van der Waals surface area (Å²) >= 11 is 1.55. The zero-order chi connectivity index (χ0) is 13.1. The molecule has 0 spiro atoms. The number of nitrogen functional groups attached to an aromatic ring is 1. The van der Waals surface area contributed by atoms with Gasteiger partial charge in [0.05, 0.1) is 22.5 Å². The molecule has 0 atom stereocenters. The Bertz CT molecular complexity index is 564. The number of anilines is 1.